The van der Waals surface area contributed by atoms with Gasteiger partial charge in [-0.3, -0.25) is 9.69 Å². The van der Waals surface area contributed by atoms with Gasteiger partial charge in [0.1, 0.15) is 16.5 Å². The maximum Gasteiger partial charge on any atom is 0.256 e. The van der Waals surface area contributed by atoms with Gasteiger partial charge in [-0.15, -0.1) is 11.3 Å². The Kier molecular flexibility index (Phi) is 4.81. The zero-order valence-electron chi connectivity index (χ0n) is 14.1. The molecule has 7 heteroatoms. The molecule has 4 rings (SSSR count). The van der Waals surface area contributed by atoms with E-state index in [2.05, 4.69) is 9.88 Å². The summed E-state index contributed by atoms with van der Waals surface area (Å²) in [5.41, 5.74) is 0.993. The number of hydrogen-bond donors (Lipinski definition) is 0. The SMILES string of the molecule is O=C(c1ccccc1F)N1CCN(Cc2nc(-c3ccco3)cs2)CC1. The van der Waals surface area contributed by atoms with E-state index in [9.17, 15) is 9.18 Å². The van der Waals surface area contributed by atoms with E-state index in [1.807, 2.05) is 17.5 Å². The van der Waals surface area contributed by atoms with Gasteiger partial charge in [0.15, 0.2) is 5.76 Å². The number of halogens is 1. The van der Waals surface area contributed by atoms with Crippen molar-refractivity contribution < 1.29 is 13.6 Å². The van der Waals surface area contributed by atoms with Crippen LogP contribution in [0.4, 0.5) is 4.39 Å². The normalized spacial score (nSPS) is 15.3. The summed E-state index contributed by atoms with van der Waals surface area (Å²) in [6, 6.07) is 9.88. The first-order valence-corrected chi connectivity index (χ1v) is 9.33. The van der Waals surface area contributed by atoms with Crippen molar-refractivity contribution >= 4 is 17.2 Å². The summed E-state index contributed by atoms with van der Waals surface area (Å²) in [4.78, 5) is 21.1. The van der Waals surface area contributed by atoms with Crippen LogP contribution >= 0.6 is 11.3 Å². The lowest BCUT2D eigenvalue weighted by molar-refractivity contribution is 0.0624. The fraction of sp³-hybridized carbons (Fsp3) is 0.263. The average molecular weight is 371 g/mol. The molecule has 0 N–H and O–H groups in total. The predicted molar refractivity (Wildman–Crippen MR) is 97.4 cm³/mol. The molecule has 0 aliphatic carbocycles. The highest BCUT2D eigenvalue weighted by Gasteiger charge is 2.24. The minimum absolute atomic E-state index is 0.143. The Morgan fingerprint density at radius 1 is 1.15 bits per heavy atom. The topological polar surface area (TPSA) is 49.6 Å². The van der Waals surface area contributed by atoms with Gasteiger partial charge in [0.25, 0.3) is 5.91 Å². The summed E-state index contributed by atoms with van der Waals surface area (Å²) in [6.07, 6.45) is 1.64. The number of carbonyl (C=O) groups excluding carboxylic acids is 1. The third-order valence-electron chi connectivity index (χ3n) is 4.45. The molecule has 3 aromatic rings. The Morgan fingerprint density at radius 2 is 1.96 bits per heavy atom. The Balaban J connectivity index is 1.34. The molecular weight excluding hydrogens is 353 g/mol. The molecule has 1 aliphatic heterocycles. The van der Waals surface area contributed by atoms with E-state index in [-0.39, 0.29) is 11.5 Å². The van der Waals surface area contributed by atoms with E-state index in [4.69, 9.17) is 4.42 Å². The van der Waals surface area contributed by atoms with E-state index < -0.39 is 5.82 Å². The van der Waals surface area contributed by atoms with Crippen LogP contribution in [0, 0.1) is 5.82 Å². The van der Waals surface area contributed by atoms with Crippen LogP contribution in [-0.4, -0.2) is 46.9 Å². The molecule has 1 saturated heterocycles. The van der Waals surface area contributed by atoms with Crippen LogP contribution in [0.1, 0.15) is 15.4 Å². The predicted octanol–water partition coefficient (Wildman–Crippen LogP) is 3.50. The molecular formula is C19H18FN3O2S. The minimum Gasteiger partial charge on any atom is -0.463 e. The lowest BCUT2D eigenvalue weighted by atomic mass is 10.1. The third-order valence-corrected chi connectivity index (χ3v) is 5.28. The first-order valence-electron chi connectivity index (χ1n) is 8.45. The smallest absolute Gasteiger partial charge is 0.256 e. The molecule has 0 atom stereocenters. The van der Waals surface area contributed by atoms with E-state index in [1.165, 1.54) is 12.1 Å². The molecule has 0 bridgehead atoms. The van der Waals surface area contributed by atoms with Crippen molar-refractivity contribution in [1.29, 1.82) is 0 Å². The molecule has 0 saturated carbocycles. The number of benzene rings is 1. The van der Waals surface area contributed by atoms with Crippen molar-refractivity contribution in [2.24, 2.45) is 0 Å². The van der Waals surface area contributed by atoms with Gasteiger partial charge in [0, 0.05) is 31.6 Å². The Hall–Kier alpha value is -2.51. The molecule has 1 aromatic carbocycles. The lowest BCUT2D eigenvalue weighted by Crippen LogP contribution is -2.48. The third kappa shape index (κ3) is 3.54. The van der Waals surface area contributed by atoms with Gasteiger partial charge in [-0.1, -0.05) is 12.1 Å². The fourth-order valence-corrected chi connectivity index (χ4v) is 3.85. The van der Waals surface area contributed by atoms with Crippen molar-refractivity contribution in [2.75, 3.05) is 26.2 Å². The highest BCUT2D eigenvalue weighted by atomic mass is 32.1. The molecule has 2 aromatic heterocycles. The van der Waals surface area contributed by atoms with Gasteiger partial charge >= 0.3 is 0 Å². The van der Waals surface area contributed by atoms with Crippen molar-refractivity contribution in [3.8, 4) is 11.5 Å². The Morgan fingerprint density at radius 3 is 2.69 bits per heavy atom. The van der Waals surface area contributed by atoms with E-state index in [0.717, 1.165) is 36.1 Å². The van der Waals surface area contributed by atoms with Crippen LogP contribution in [0.3, 0.4) is 0 Å². The quantitative estimate of drug-likeness (QED) is 0.704. The van der Waals surface area contributed by atoms with Gasteiger partial charge in [-0.2, -0.15) is 0 Å². The highest BCUT2D eigenvalue weighted by molar-refractivity contribution is 7.09. The van der Waals surface area contributed by atoms with Crippen LogP contribution in [0.25, 0.3) is 11.5 Å². The second kappa shape index (κ2) is 7.39. The number of thiazole rings is 1. The van der Waals surface area contributed by atoms with Crippen molar-refractivity contribution in [1.82, 2.24) is 14.8 Å². The summed E-state index contributed by atoms with van der Waals surface area (Å²) in [6.45, 7) is 3.41. The van der Waals surface area contributed by atoms with E-state index in [1.54, 1.807) is 34.6 Å². The molecule has 3 heterocycles. The summed E-state index contributed by atoms with van der Waals surface area (Å²) in [7, 11) is 0. The second-order valence-electron chi connectivity index (χ2n) is 6.15. The molecule has 134 valence electrons. The van der Waals surface area contributed by atoms with Crippen LogP contribution in [-0.2, 0) is 6.54 Å². The lowest BCUT2D eigenvalue weighted by Gasteiger charge is -2.34. The van der Waals surface area contributed by atoms with Gasteiger partial charge in [-0.05, 0) is 24.3 Å². The summed E-state index contributed by atoms with van der Waals surface area (Å²) >= 11 is 1.60. The zero-order valence-corrected chi connectivity index (χ0v) is 14.9. The molecule has 5 nitrogen and oxygen atoms in total. The largest absolute Gasteiger partial charge is 0.463 e. The summed E-state index contributed by atoms with van der Waals surface area (Å²) in [5, 5.41) is 3.01. The van der Waals surface area contributed by atoms with Crippen molar-refractivity contribution in [2.45, 2.75) is 6.54 Å². The van der Waals surface area contributed by atoms with Crippen molar-refractivity contribution in [3.05, 3.63) is 64.4 Å². The molecule has 0 radical (unpaired) electrons. The van der Waals surface area contributed by atoms with Gasteiger partial charge in [0.05, 0.1) is 18.4 Å². The number of aromatic nitrogens is 1. The molecule has 1 fully saturated rings. The van der Waals surface area contributed by atoms with Crippen LogP contribution in [0.15, 0.2) is 52.5 Å². The van der Waals surface area contributed by atoms with Crippen LogP contribution < -0.4 is 0 Å². The minimum atomic E-state index is -0.465. The van der Waals surface area contributed by atoms with Crippen LogP contribution in [0.5, 0.6) is 0 Å². The monoisotopic (exact) mass is 371 g/mol. The number of hydrogen-bond acceptors (Lipinski definition) is 5. The molecule has 1 amide bonds. The fourth-order valence-electron chi connectivity index (χ4n) is 3.03. The number of carbonyl (C=O) groups is 1. The second-order valence-corrected chi connectivity index (χ2v) is 7.09. The maximum absolute atomic E-state index is 13.8. The Bertz CT molecular complexity index is 886. The molecule has 26 heavy (non-hydrogen) atoms. The first-order chi connectivity index (χ1) is 12.7. The van der Waals surface area contributed by atoms with E-state index >= 15 is 0 Å². The van der Waals surface area contributed by atoms with E-state index in [0.29, 0.717) is 13.1 Å². The summed E-state index contributed by atoms with van der Waals surface area (Å²) < 4.78 is 19.2. The highest BCUT2D eigenvalue weighted by Crippen LogP contribution is 2.23. The molecule has 0 spiro atoms. The average Bonchev–Trinajstić information content (AvgIpc) is 3.34. The van der Waals surface area contributed by atoms with Gasteiger partial charge in [0.2, 0.25) is 0 Å². The maximum atomic E-state index is 13.8. The number of amides is 1. The zero-order chi connectivity index (χ0) is 17.9. The molecule has 0 unspecified atom stereocenters. The van der Waals surface area contributed by atoms with Gasteiger partial charge in [-0.25, -0.2) is 9.37 Å². The van der Waals surface area contributed by atoms with Gasteiger partial charge < -0.3 is 9.32 Å². The van der Waals surface area contributed by atoms with Crippen LogP contribution in [0.2, 0.25) is 0 Å². The standard InChI is InChI=1S/C19H18FN3O2S/c20-15-5-2-1-4-14(15)19(24)23-9-7-22(8-10-23)12-18-21-16(13-26-18)17-6-3-11-25-17/h1-6,11,13H,7-10,12H2. The number of furan rings is 1. The van der Waals surface area contributed by atoms with Crippen molar-refractivity contribution in [3.63, 3.8) is 0 Å². The first kappa shape index (κ1) is 16.9. The number of nitrogens with zero attached hydrogens (tertiary/aromatic N) is 3. The number of piperazine rings is 1. The summed E-state index contributed by atoms with van der Waals surface area (Å²) in [5.74, 6) is 0.0677. The Labute approximate surface area is 154 Å². The molecule has 1 aliphatic rings. The number of rotatable bonds is 4.